The van der Waals surface area contributed by atoms with Crippen LogP contribution < -0.4 is 24.5 Å². The van der Waals surface area contributed by atoms with Gasteiger partial charge in [0.25, 0.3) is 0 Å². The van der Waals surface area contributed by atoms with Gasteiger partial charge in [-0.1, -0.05) is 213 Å². The first-order valence-electron chi connectivity index (χ1n) is 35.2. The van der Waals surface area contributed by atoms with Gasteiger partial charge in [-0.3, -0.25) is 4.90 Å². The molecule has 0 spiro atoms. The fourth-order valence-corrected chi connectivity index (χ4v) is 17.3. The van der Waals surface area contributed by atoms with E-state index >= 15 is 0 Å². The van der Waals surface area contributed by atoms with Crippen LogP contribution >= 0.6 is 0 Å². The molecule has 6 heterocycles. The van der Waals surface area contributed by atoms with Crippen molar-refractivity contribution in [2.24, 2.45) is 0 Å². The van der Waals surface area contributed by atoms with Gasteiger partial charge in [0, 0.05) is 131 Å². The van der Waals surface area contributed by atoms with E-state index < -0.39 is 0 Å². The third-order valence-corrected chi connectivity index (χ3v) is 22.6. The molecular formula is C86H106N8+4. The number of para-hydroxylation sites is 4. The van der Waals surface area contributed by atoms with Crippen LogP contribution in [0, 0.1) is 0 Å². The minimum atomic E-state index is -0.0307. The molecule has 0 amide bonds. The first-order chi connectivity index (χ1) is 45.3. The fourth-order valence-electron chi connectivity index (χ4n) is 17.3. The summed E-state index contributed by atoms with van der Waals surface area (Å²) in [5.41, 5.74) is 28.0. The Hall–Kier alpha value is -8.30. The maximum Gasteiger partial charge on any atom is 1.00 e. The summed E-state index contributed by atoms with van der Waals surface area (Å²) in [6.45, 7) is 29.9. The molecule has 8 nitrogen and oxygen atoms in total. The Morgan fingerprint density at radius 3 is 0.979 bits per heavy atom. The summed E-state index contributed by atoms with van der Waals surface area (Å²) in [7, 11) is 8.91. The minimum absolute atomic E-state index is 0. The number of hydrogen-bond acceptors (Lipinski definition) is 5. The molecule has 6 aromatic carbocycles. The Morgan fingerprint density at radius 2 is 0.660 bits per heavy atom. The smallest absolute Gasteiger partial charge is 0.347 e. The van der Waals surface area contributed by atoms with Crippen molar-refractivity contribution in [2.75, 3.05) is 100 Å². The van der Waals surface area contributed by atoms with Crippen molar-refractivity contribution in [3.63, 3.8) is 0 Å². The van der Waals surface area contributed by atoms with Crippen molar-refractivity contribution >= 4 is 34.2 Å². The molecule has 2 saturated carbocycles. The Balaban J connectivity index is 0.000000191. The number of fused-ring (bicyclic) bond motifs is 4. The molecule has 8 aliphatic rings. The lowest BCUT2D eigenvalue weighted by Gasteiger charge is -2.29. The number of allylic oxidation sites excluding steroid dienone is 16. The summed E-state index contributed by atoms with van der Waals surface area (Å²) in [5, 5.41) is 0. The molecule has 1 N–H and O–H groups in total. The van der Waals surface area contributed by atoms with E-state index in [1.54, 1.807) is 4.90 Å². The van der Waals surface area contributed by atoms with Gasteiger partial charge in [0.15, 0.2) is 26.2 Å². The van der Waals surface area contributed by atoms with Crippen LogP contribution in [0.1, 0.15) is 130 Å². The highest BCUT2D eigenvalue weighted by Gasteiger charge is 2.43. The lowest BCUT2D eigenvalue weighted by molar-refractivity contribution is -0.944. The molecule has 14 rings (SSSR count). The summed E-state index contributed by atoms with van der Waals surface area (Å²) in [5.74, 6) is 0. The molecule has 4 fully saturated rings. The maximum absolute atomic E-state index is 2.72. The van der Waals surface area contributed by atoms with Gasteiger partial charge in [-0.25, -0.2) is 9.15 Å². The predicted octanol–water partition coefficient (Wildman–Crippen LogP) is 16.2. The van der Waals surface area contributed by atoms with Gasteiger partial charge in [-0.2, -0.15) is 0 Å². The predicted molar refractivity (Wildman–Crippen MR) is 400 cm³/mol. The lowest BCUT2D eigenvalue weighted by atomic mass is 9.82. The van der Waals surface area contributed by atoms with Crippen LogP contribution in [0.5, 0.6) is 0 Å². The number of quaternary nitrogens is 1. The molecule has 0 atom stereocenters. The zero-order valence-electron chi connectivity index (χ0n) is 59.6. The Morgan fingerprint density at radius 1 is 0.372 bits per heavy atom. The van der Waals surface area contributed by atoms with Gasteiger partial charge in [0.05, 0.1) is 13.1 Å². The van der Waals surface area contributed by atoms with Crippen LogP contribution in [0.15, 0.2) is 251 Å². The summed E-state index contributed by atoms with van der Waals surface area (Å²) in [6.07, 6.45) is 26.4. The number of likely N-dealkylation sites (N-methyl/N-ethyl adjacent to an activating group) is 4. The Labute approximate surface area is 566 Å². The normalized spacial score (nSPS) is 24.7. The Kier molecular flexibility index (Phi) is 18.1. The summed E-state index contributed by atoms with van der Waals surface area (Å²) in [4.78, 5) is 13.9. The molecule has 94 heavy (non-hydrogen) atoms. The average molecular weight is 1250 g/mol. The number of anilines is 4. The summed E-state index contributed by atoms with van der Waals surface area (Å²) in [6, 6.07) is 57.5. The zero-order chi connectivity index (χ0) is 65.5. The van der Waals surface area contributed by atoms with Gasteiger partial charge >= 0.3 is 1.43 Å². The van der Waals surface area contributed by atoms with Gasteiger partial charge in [0.1, 0.15) is 19.6 Å². The van der Waals surface area contributed by atoms with Crippen molar-refractivity contribution < 1.29 is 16.9 Å². The van der Waals surface area contributed by atoms with Crippen LogP contribution in [0.2, 0.25) is 0 Å². The van der Waals surface area contributed by atoms with Gasteiger partial charge in [-0.15, -0.1) is 0 Å². The SMILES string of the molecule is CN1C(=CC=C2CCC/C(=C\C=C3\N(C)c4ccccc4C3(C)C)C2=[N+]2CCN(Cc3ccccc3)CC2)C(C)(C)c2ccccc21.CN1C(=CC=C2CCC/C(=C\C=C3\N(C)c4ccccc4C3(C)C)C2=[N+]2CC[NH+](Cc3ccccc3)CC2)C(C)(C)c2ccccc21.[H+].[HH]. The van der Waals surface area contributed by atoms with E-state index in [0.717, 1.165) is 91.1 Å². The third-order valence-electron chi connectivity index (χ3n) is 22.6. The number of nitrogens with zero attached hydrogens (tertiary/aromatic N) is 7. The molecule has 2 aliphatic carbocycles. The van der Waals surface area contributed by atoms with Crippen molar-refractivity contribution in [2.45, 2.75) is 129 Å². The quantitative estimate of drug-likeness (QED) is 0.153. The molecule has 0 radical (unpaired) electrons. The summed E-state index contributed by atoms with van der Waals surface area (Å²) >= 11 is 0. The van der Waals surface area contributed by atoms with E-state index in [2.05, 4.69) is 324 Å². The van der Waals surface area contributed by atoms with E-state index in [1.165, 1.54) is 125 Å². The van der Waals surface area contributed by atoms with Gasteiger partial charge in [-0.05, 0) is 115 Å². The molecule has 0 bridgehead atoms. The second kappa shape index (κ2) is 26.5. The molecular weight excluding hydrogens is 1150 g/mol. The second-order valence-electron chi connectivity index (χ2n) is 29.8. The van der Waals surface area contributed by atoms with E-state index in [4.69, 9.17) is 0 Å². The number of hydrogen-bond donors (Lipinski definition) is 1. The Bertz CT molecular complexity index is 3700. The molecule has 0 aromatic heterocycles. The van der Waals surface area contributed by atoms with E-state index in [9.17, 15) is 0 Å². The molecule has 6 aliphatic heterocycles. The maximum atomic E-state index is 2.72. The fraction of sp³-hybridized carbons (Fsp3) is 0.372. The highest BCUT2D eigenvalue weighted by Crippen LogP contribution is 2.51. The second-order valence-corrected chi connectivity index (χ2v) is 29.8. The number of piperazine rings is 2. The van der Waals surface area contributed by atoms with Crippen molar-refractivity contribution in [1.29, 1.82) is 0 Å². The van der Waals surface area contributed by atoms with E-state index in [-0.39, 0.29) is 24.5 Å². The van der Waals surface area contributed by atoms with Crippen LogP contribution in [-0.4, -0.2) is 106 Å². The van der Waals surface area contributed by atoms with Crippen molar-refractivity contribution in [3.05, 3.63) is 285 Å². The lowest BCUT2D eigenvalue weighted by Crippen LogP contribution is -3.13. The number of nitrogens with one attached hydrogen (secondary N) is 1. The highest BCUT2D eigenvalue weighted by atomic mass is 15.2. The average Bonchev–Trinajstić information content (AvgIpc) is 1.61. The first-order valence-corrected chi connectivity index (χ1v) is 35.2. The van der Waals surface area contributed by atoms with Crippen LogP contribution in [-0.2, 0) is 34.7 Å². The number of rotatable bonds is 8. The first kappa shape index (κ1) is 64.4. The van der Waals surface area contributed by atoms with E-state index in [1.807, 2.05) is 0 Å². The minimum Gasteiger partial charge on any atom is -0.347 e. The molecule has 0 unspecified atom stereocenters. The molecule has 2 saturated heterocycles. The van der Waals surface area contributed by atoms with Crippen molar-refractivity contribution in [3.8, 4) is 0 Å². The third kappa shape index (κ3) is 12.3. The molecule has 486 valence electrons. The number of benzene rings is 6. The highest BCUT2D eigenvalue weighted by molar-refractivity contribution is 6.11. The summed E-state index contributed by atoms with van der Waals surface area (Å²) < 4.78 is 5.42. The van der Waals surface area contributed by atoms with Gasteiger partial charge in [0.2, 0.25) is 11.4 Å². The van der Waals surface area contributed by atoms with Crippen LogP contribution in [0.4, 0.5) is 22.7 Å². The largest absolute Gasteiger partial charge is 1.00 e. The molecule has 8 heteroatoms. The van der Waals surface area contributed by atoms with Crippen LogP contribution in [0.25, 0.3) is 0 Å². The zero-order valence-corrected chi connectivity index (χ0v) is 58.6. The monoisotopic (exact) mass is 1250 g/mol. The van der Waals surface area contributed by atoms with Gasteiger partial charge < -0.3 is 24.5 Å². The topological polar surface area (TPSA) is 26.7 Å². The van der Waals surface area contributed by atoms with Crippen LogP contribution in [0.3, 0.4) is 0 Å². The van der Waals surface area contributed by atoms with E-state index in [0.29, 0.717) is 0 Å². The van der Waals surface area contributed by atoms with Crippen molar-refractivity contribution in [1.82, 2.24) is 4.90 Å². The standard InChI is InChI=1S/2C43H51N4.H2/c2*1-42(2)35-19-10-12-21-37(35)44(5)39(42)25-23-33-17-14-18-34(24-26-40-43(3,4)36-20-11-13-22-38(36)45(40)6)41(33)47-29-27-46(28-30-47)31-32-15-8-7-9-16-32;/h2*7-13,15-16,19-26H,14,17-18,27-31H2,1-6H3;1H/q2*+1;/p+2. The molecule has 6 aromatic rings.